The van der Waals surface area contributed by atoms with Gasteiger partial charge in [-0.25, -0.2) is 0 Å². The molecule has 1 N–H and O–H groups in total. The van der Waals surface area contributed by atoms with Crippen molar-refractivity contribution >= 4 is 56.8 Å². The molecule has 1 aliphatic heterocycles. The molecule has 0 spiro atoms. The van der Waals surface area contributed by atoms with Crippen molar-refractivity contribution in [2.45, 2.75) is 0 Å². The van der Waals surface area contributed by atoms with Gasteiger partial charge in [0.15, 0.2) is 5.11 Å². The molecule has 0 saturated carbocycles. The standard InChI is InChI=1S/C28H18BrN3O3S/c29-20-8-6-18(7-9-20)24-14-15-30-17-19(24)16-25-26(33)31-28(36)32(27(25)34)21-10-12-23(13-11-21)35-22-4-2-1-3-5-22/h1-17H,(H,31,33,36). The van der Waals surface area contributed by atoms with Gasteiger partial charge in [0.25, 0.3) is 11.8 Å². The highest BCUT2D eigenvalue weighted by molar-refractivity contribution is 9.10. The van der Waals surface area contributed by atoms with Gasteiger partial charge in [-0.15, -0.1) is 0 Å². The molecule has 0 aliphatic carbocycles. The molecule has 1 aliphatic rings. The minimum atomic E-state index is -0.559. The van der Waals surface area contributed by atoms with Gasteiger partial charge in [0, 0.05) is 22.4 Å². The summed E-state index contributed by atoms with van der Waals surface area (Å²) in [4.78, 5) is 31.7. The molecule has 3 aromatic carbocycles. The van der Waals surface area contributed by atoms with Crippen LogP contribution in [0.2, 0.25) is 0 Å². The van der Waals surface area contributed by atoms with Gasteiger partial charge in [-0.2, -0.15) is 0 Å². The van der Waals surface area contributed by atoms with E-state index in [1.54, 1.807) is 42.7 Å². The Labute approximate surface area is 221 Å². The van der Waals surface area contributed by atoms with E-state index < -0.39 is 11.8 Å². The monoisotopic (exact) mass is 555 g/mol. The topological polar surface area (TPSA) is 71.5 Å². The van der Waals surface area contributed by atoms with Gasteiger partial charge in [0.1, 0.15) is 17.1 Å². The maximum atomic E-state index is 13.5. The first-order valence-electron chi connectivity index (χ1n) is 10.9. The Morgan fingerprint density at radius 2 is 1.58 bits per heavy atom. The average molecular weight is 556 g/mol. The van der Waals surface area contributed by atoms with Crippen LogP contribution in [0.25, 0.3) is 17.2 Å². The van der Waals surface area contributed by atoms with Crippen molar-refractivity contribution < 1.29 is 14.3 Å². The van der Waals surface area contributed by atoms with E-state index in [-0.39, 0.29) is 10.7 Å². The Morgan fingerprint density at radius 3 is 2.31 bits per heavy atom. The molecular formula is C28H18BrN3O3S. The Bertz CT molecular complexity index is 1490. The van der Waals surface area contributed by atoms with E-state index in [1.807, 2.05) is 60.7 Å². The highest BCUT2D eigenvalue weighted by Crippen LogP contribution is 2.29. The number of rotatable bonds is 5. The molecule has 5 rings (SSSR count). The number of anilines is 1. The van der Waals surface area contributed by atoms with E-state index in [0.29, 0.717) is 22.7 Å². The number of nitrogens with one attached hydrogen (secondary N) is 1. The van der Waals surface area contributed by atoms with Gasteiger partial charge < -0.3 is 4.74 Å². The Balaban J connectivity index is 1.45. The third-order valence-corrected chi connectivity index (χ3v) is 6.30. The summed E-state index contributed by atoms with van der Waals surface area (Å²) in [5.41, 5.74) is 2.87. The van der Waals surface area contributed by atoms with Gasteiger partial charge in [0.05, 0.1) is 5.69 Å². The van der Waals surface area contributed by atoms with E-state index >= 15 is 0 Å². The zero-order valence-corrected chi connectivity index (χ0v) is 21.1. The zero-order chi connectivity index (χ0) is 25.1. The van der Waals surface area contributed by atoms with Gasteiger partial charge in [-0.3, -0.25) is 24.8 Å². The van der Waals surface area contributed by atoms with Crippen LogP contribution in [-0.4, -0.2) is 21.9 Å². The summed E-state index contributed by atoms with van der Waals surface area (Å²) in [5.74, 6) is 0.224. The van der Waals surface area contributed by atoms with E-state index in [0.717, 1.165) is 15.6 Å². The SMILES string of the molecule is O=C1NC(=S)N(c2ccc(Oc3ccccc3)cc2)C(=O)C1=Cc1cnccc1-c1ccc(Br)cc1. The molecule has 0 atom stereocenters. The second kappa shape index (κ2) is 10.2. The lowest BCUT2D eigenvalue weighted by Crippen LogP contribution is -2.54. The molecule has 1 saturated heterocycles. The number of carbonyl (C=O) groups excluding carboxylic acids is 2. The van der Waals surface area contributed by atoms with Gasteiger partial charge in [-0.05, 0) is 84.0 Å². The highest BCUT2D eigenvalue weighted by atomic mass is 79.9. The van der Waals surface area contributed by atoms with Crippen LogP contribution in [-0.2, 0) is 9.59 Å². The molecule has 2 amide bonds. The van der Waals surface area contributed by atoms with Crippen LogP contribution in [0, 0.1) is 0 Å². The minimum absolute atomic E-state index is 0.0122. The first kappa shape index (κ1) is 23.6. The molecular weight excluding hydrogens is 538 g/mol. The summed E-state index contributed by atoms with van der Waals surface area (Å²) in [5, 5.41) is 2.63. The summed E-state index contributed by atoms with van der Waals surface area (Å²) in [6.45, 7) is 0. The zero-order valence-electron chi connectivity index (χ0n) is 18.7. The lowest BCUT2D eigenvalue weighted by molar-refractivity contribution is -0.122. The van der Waals surface area contributed by atoms with Crippen molar-refractivity contribution in [3.63, 3.8) is 0 Å². The minimum Gasteiger partial charge on any atom is -0.457 e. The quantitative estimate of drug-likeness (QED) is 0.182. The van der Waals surface area contributed by atoms with Crippen LogP contribution in [0.15, 0.2) is 107 Å². The van der Waals surface area contributed by atoms with Crippen LogP contribution in [0.3, 0.4) is 0 Å². The molecule has 6 nitrogen and oxygen atoms in total. The van der Waals surface area contributed by atoms with Crippen LogP contribution in [0.1, 0.15) is 5.56 Å². The van der Waals surface area contributed by atoms with Gasteiger partial charge in [-0.1, -0.05) is 46.3 Å². The van der Waals surface area contributed by atoms with E-state index in [4.69, 9.17) is 17.0 Å². The highest BCUT2D eigenvalue weighted by Gasteiger charge is 2.34. The third-order valence-electron chi connectivity index (χ3n) is 5.48. The molecule has 0 unspecified atom stereocenters. The first-order chi connectivity index (χ1) is 17.5. The number of carbonyl (C=O) groups is 2. The van der Waals surface area contributed by atoms with Crippen molar-refractivity contribution in [3.8, 4) is 22.6 Å². The van der Waals surface area contributed by atoms with E-state index in [1.165, 1.54) is 4.90 Å². The predicted octanol–water partition coefficient (Wildman–Crippen LogP) is 6.13. The molecule has 2 heterocycles. The van der Waals surface area contributed by atoms with Crippen molar-refractivity contribution in [3.05, 3.63) is 113 Å². The summed E-state index contributed by atoms with van der Waals surface area (Å²) in [6, 6.07) is 25.9. The van der Waals surface area contributed by atoms with Crippen LogP contribution >= 0.6 is 28.1 Å². The van der Waals surface area contributed by atoms with E-state index in [9.17, 15) is 9.59 Å². The molecule has 1 aromatic heterocycles. The number of nitrogens with zero attached hydrogens (tertiary/aromatic N) is 2. The lowest BCUT2D eigenvalue weighted by atomic mass is 9.99. The molecule has 36 heavy (non-hydrogen) atoms. The summed E-state index contributed by atoms with van der Waals surface area (Å²) < 4.78 is 6.78. The van der Waals surface area contributed by atoms with Crippen LogP contribution < -0.4 is 15.0 Å². The fourth-order valence-electron chi connectivity index (χ4n) is 3.75. The fourth-order valence-corrected chi connectivity index (χ4v) is 4.29. The number of para-hydroxylation sites is 1. The van der Waals surface area contributed by atoms with Gasteiger partial charge >= 0.3 is 0 Å². The summed E-state index contributed by atoms with van der Waals surface area (Å²) in [6.07, 6.45) is 4.84. The number of hydrogen-bond donors (Lipinski definition) is 1. The molecule has 176 valence electrons. The van der Waals surface area contributed by atoms with E-state index in [2.05, 4.69) is 26.2 Å². The number of hydrogen-bond acceptors (Lipinski definition) is 5. The predicted molar refractivity (Wildman–Crippen MR) is 147 cm³/mol. The summed E-state index contributed by atoms with van der Waals surface area (Å²) >= 11 is 8.77. The molecule has 4 aromatic rings. The maximum Gasteiger partial charge on any atom is 0.270 e. The van der Waals surface area contributed by atoms with Crippen molar-refractivity contribution in [2.75, 3.05) is 4.90 Å². The van der Waals surface area contributed by atoms with Crippen LogP contribution in [0.5, 0.6) is 11.5 Å². The lowest BCUT2D eigenvalue weighted by Gasteiger charge is -2.29. The Kier molecular flexibility index (Phi) is 6.71. The van der Waals surface area contributed by atoms with Crippen molar-refractivity contribution in [2.24, 2.45) is 0 Å². The number of benzene rings is 3. The summed E-state index contributed by atoms with van der Waals surface area (Å²) in [7, 11) is 0. The normalized spacial score (nSPS) is 14.6. The third kappa shape index (κ3) is 4.95. The molecule has 8 heteroatoms. The number of halogens is 1. The number of thiocarbonyl (C=S) groups is 1. The number of pyridine rings is 1. The molecule has 1 fully saturated rings. The maximum absolute atomic E-state index is 13.5. The fraction of sp³-hybridized carbons (Fsp3) is 0. The molecule has 0 radical (unpaired) electrons. The van der Waals surface area contributed by atoms with Crippen molar-refractivity contribution in [1.82, 2.24) is 10.3 Å². The first-order valence-corrected chi connectivity index (χ1v) is 12.1. The second-order valence-corrected chi connectivity index (χ2v) is 9.14. The number of aromatic nitrogens is 1. The number of amides is 2. The van der Waals surface area contributed by atoms with Crippen molar-refractivity contribution in [1.29, 1.82) is 0 Å². The Hall–Kier alpha value is -4.14. The smallest absolute Gasteiger partial charge is 0.270 e. The van der Waals surface area contributed by atoms with Crippen LogP contribution in [0.4, 0.5) is 5.69 Å². The largest absolute Gasteiger partial charge is 0.457 e. The average Bonchev–Trinajstić information content (AvgIpc) is 2.89. The number of ether oxygens (including phenoxy) is 1. The Morgan fingerprint density at radius 1 is 0.889 bits per heavy atom. The van der Waals surface area contributed by atoms with Gasteiger partial charge in [0.2, 0.25) is 0 Å². The molecule has 0 bridgehead atoms. The second-order valence-electron chi connectivity index (χ2n) is 7.84.